The molecule has 3 amide bonds. The summed E-state index contributed by atoms with van der Waals surface area (Å²) in [6.45, 7) is 0.441. The van der Waals surface area contributed by atoms with Crippen LogP contribution in [0.1, 0.15) is 11.1 Å². The first-order valence-corrected chi connectivity index (χ1v) is 7.97. The summed E-state index contributed by atoms with van der Waals surface area (Å²) in [6.07, 6.45) is 0.533. The zero-order valence-corrected chi connectivity index (χ0v) is 13.5. The van der Waals surface area contributed by atoms with Gasteiger partial charge < -0.3 is 4.90 Å². The molecule has 2 heterocycles. The molecule has 23 heavy (non-hydrogen) atoms. The number of imide groups is 1. The lowest BCUT2D eigenvalue weighted by atomic mass is 9.95. The fourth-order valence-corrected chi connectivity index (χ4v) is 3.74. The van der Waals surface area contributed by atoms with Crippen LogP contribution in [0, 0.1) is 0 Å². The molecule has 0 spiro atoms. The van der Waals surface area contributed by atoms with Crippen molar-refractivity contribution in [2.24, 2.45) is 0 Å². The minimum atomic E-state index is -0.463. The van der Waals surface area contributed by atoms with Gasteiger partial charge in [-0.1, -0.05) is 47.5 Å². The Hall–Kier alpha value is -2.04. The average molecular weight is 347 g/mol. The normalized spacial score (nSPS) is 19.8. The van der Waals surface area contributed by atoms with Crippen LogP contribution in [0.4, 0.5) is 10.5 Å². The van der Waals surface area contributed by atoms with Crippen LogP contribution in [0.2, 0.25) is 10.0 Å². The molecule has 2 aromatic carbocycles. The number of hydrogen-bond donors (Lipinski definition) is 0. The molecule has 1 unspecified atom stereocenters. The van der Waals surface area contributed by atoms with Crippen LogP contribution >= 0.6 is 23.2 Å². The summed E-state index contributed by atoms with van der Waals surface area (Å²) in [7, 11) is 0. The molecule has 116 valence electrons. The van der Waals surface area contributed by atoms with Crippen LogP contribution in [0.15, 0.2) is 42.5 Å². The Morgan fingerprint density at radius 1 is 0.957 bits per heavy atom. The molecular weight excluding hydrogens is 335 g/mol. The van der Waals surface area contributed by atoms with E-state index in [2.05, 4.69) is 0 Å². The number of benzene rings is 2. The molecule has 0 saturated carbocycles. The van der Waals surface area contributed by atoms with Gasteiger partial charge in [-0.3, -0.25) is 4.79 Å². The number of amides is 3. The molecule has 0 aromatic heterocycles. The highest BCUT2D eigenvalue weighted by Crippen LogP contribution is 2.34. The van der Waals surface area contributed by atoms with E-state index in [4.69, 9.17) is 23.2 Å². The van der Waals surface area contributed by atoms with E-state index in [0.29, 0.717) is 28.7 Å². The summed E-state index contributed by atoms with van der Waals surface area (Å²) >= 11 is 12.0. The third kappa shape index (κ3) is 2.30. The van der Waals surface area contributed by atoms with E-state index in [1.54, 1.807) is 23.1 Å². The van der Waals surface area contributed by atoms with Gasteiger partial charge in [0.05, 0.1) is 5.69 Å². The lowest BCUT2D eigenvalue weighted by Crippen LogP contribution is -2.39. The Kier molecular flexibility index (Phi) is 3.32. The van der Waals surface area contributed by atoms with Crippen molar-refractivity contribution in [1.82, 2.24) is 4.90 Å². The van der Waals surface area contributed by atoms with Gasteiger partial charge in [-0.05, 0) is 29.3 Å². The Bertz CT molecular complexity index is 774. The zero-order valence-electron chi connectivity index (χ0n) is 12.0. The predicted molar refractivity (Wildman–Crippen MR) is 88.8 cm³/mol. The van der Waals surface area contributed by atoms with Crippen LogP contribution < -0.4 is 4.90 Å². The van der Waals surface area contributed by atoms with Gasteiger partial charge in [0, 0.05) is 23.0 Å². The van der Waals surface area contributed by atoms with Crippen molar-refractivity contribution >= 4 is 40.8 Å². The quantitative estimate of drug-likeness (QED) is 0.735. The summed E-state index contributed by atoms with van der Waals surface area (Å²) < 4.78 is 0. The minimum Gasteiger partial charge on any atom is -0.307 e. The molecule has 0 aliphatic carbocycles. The average Bonchev–Trinajstić information content (AvgIpc) is 2.75. The fourth-order valence-electron chi connectivity index (χ4n) is 3.22. The predicted octanol–water partition coefficient (Wildman–Crippen LogP) is 3.89. The Balaban J connectivity index is 1.74. The minimum absolute atomic E-state index is 0.233. The fraction of sp³-hybridized carbons (Fsp3) is 0.176. The number of halogens is 2. The third-order valence-corrected chi connectivity index (χ3v) is 4.73. The van der Waals surface area contributed by atoms with Crippen molar-refractivity contribution in [2.75, 3.05) is 4.90 Å². The van der Waals surface area contributed by atoms with Crippen LogP contribution in [0.3, 0.4) is 0 Å². The van der Waals surface area contributed by atoms with Gasteiger partial charge in [0.1, 0.15) is 6.04 Å². The summed E-state index contributed by atoms with van der Waals surface area (Å²) in [4.78, 5) is 28.3. The lowest BCUT2D eigenvalue weighted by Gasteiger charge is -2.28. The Morgan fingerprint density at radius 3 is 2.30 bits per heavy atom. The molecule has 1 fully saturated rings. The highest BCUT2D eigenvalue weighted by Gasteiger charge is 2.47. The molecule has 0 radical (unpaired) electrons. The second-order valence-electron chi connectivity index (χ2n) is 5.70. The van der Waals surface area contributed by atoms with E-state index in [0.717, 1.165) is 11.1 Å². The zero-order chi connectivity index (χ0) is 16.1. The number of anilines is 1. The van der Waals surface area contributed by atoms with E-state index < -0.39 is 6.04 Å². The monoisotopic (exact) mass is 346 g/mol. The maximum absolute atomic E-state index is 12.8. The topological polar surface area (TPSA) is 40.6 Å². The lowest BCUT2D eigenvalue weighted by molar-refractivity contribution is -0.119. The highest BCUT2D eigenvalue weighted by atomic mass is 35.5. The van der Waals surface area contributed by atoms with Crippen molar-refractivity contribution in [2.45, 2.75) is 19.0 Å². The van der Waals surface area contributed by atoms with Crippen LogP contribution in [0.25, 0.3) is 0 Å². The van der Waals surface area contributed by atoms with Crippen molar-refractivity contribution in [3.63, 3.8) is 0 Å². The number of rotatable bonds is 1. The Labute approximate surface area is 143 Å². The summed E-state index contributed by atoms with van der Waals surface area (Å²) in [5.41, 5.74) is 2.60. The number of fused-ring (bicyclic) bond motifs is 2. The van der Waals surface area contributed by atoms with E-state index in [1.807, 2.05) is 24.3 Å². The summed E-state index contributed by atoms with van der Waals surface area (Å²) in [6, 6.07) is 11.8. The molecule has 2 aromatic rings. The van der Waals surface area contributed by atoms with Gasteiger partial charge in [-0.15, -0.1) is 0 Å². The molecule has 6 heteroatoms. The second kappa shape index (κ2) is 5.25. The van der Waals surface area contributed by atoms with Crippen molar-refractivity contribution in [3.05, 3.63) is 63.6 Å². The number of urea groups is 1. The maximum atomic E-state index is 12.8. The first-order chi connectivity index (χ1) is 11.0. The SMILES string of the molecule is O=C1C2Cc3ccccc3CN2C(=O)N1c1cc(Cl)cc(Cl)c1. The summed E-state index contributed by atoms with van der Waals surface area (Å²) in [5, 5.41) is 0.780. The van der Waals surface area contributed by atoms with Gasteiger partial charge in [0.15, 0.2) is 0 Å². The molecular formula is C17H12Cl2N2O2. The first-order valence-electron chi connectivity index (χ1n) is 7.22. The molecule has 4 nitrogen and oxygen atoms in total. The Morgan fingerprint density at radius 2 is 1.61 bits per heavy atom. The van der Waals surface area contributed by atoms with Gasteiger partial charge in [-0.2, -0.15) is 0 Å². The van der Waals surface area contributed by atoms with Crippen LogP contribution in [-0.2, 0) is 17.8 Å². The van der Waals surface area contributed by atoms with Gasteiger partial charge >= 0.3 is 6.03 Å². The molecule has 0 N–H and O–H groups in total. The van der Waals surface area contributed by atoms with Crippen molar-refractivity contribution < 1.29 is 9.59 Å². The maximum Gasteiger partial charge on any atom is 0.332 e. The largest absolute Gasteiger partial charge is 0.332 e. The number of carbonyl (C=O) groups is 2. The van der Waals surface area contributed by atoms with E-state index in [-0.39, 0.29) is 11.9 Å². The second-order valence-corrected chi connectivity index (χ2v) is 6.57. The van der Waals surface area contributed by atoms with Gasteiger partial charge in [0.2, 0.25) is 0 Å². The van der Waals surface area contributed by atoms with Crippen LogP contribution in [0.5, 0.6) is 0 Å². The molecule has 2 aliphatic rings. The number of hydrogen-bond acceptors (Lipinski definition) is 2. The smallest absolute Gasteiger partial charge is 0.307 e. The van der Waals surface area contributed by atoms with Gasteiger partial charge in [-0.25, -0.2) is 9.69 Å². The van der Waals surface area contributed by atoms with Gasteiger partial charge in [0.25, 0.3) is 5.91 Å². The molecule has 1 saturated heterocycles. The number of carbonyl (C=O) groups excluding carboxylic acids is 2. The molecule has 2 aliphatic heterocycles. The molecule has 4 rings (SSSR count). The molecule has 0 bridgehead atoms. The van der Waals surface area contributed by atoms with Crippen LogP contribution in [-0.4, -0.2) is 22.9 Å². The highest BCUT2D eigenvalue weighted by molar-refractivity contribution is 6.35. The van der Waals surface area contributed by atoms with Crippen molar-refractivity contribution in [1.29, 1.82) is 0 Å². The van der Waals surface area contributed by atoms with E-state index in [1.165, 1.54) is 4.90 Å². The molecule has 1 atom stereocenters. The van der Waals surface area contributed by atoms with E-state index >= 15 is 0 Å². The third-order valence-electron chi connectivity index (χ3n) is 4.30. The first kappa shape index (κ1) is 14.5. The van der Waals surface area contributed by atoms with E-state index in [9.17, 15) is 9.59 Å². The standard InChI is InChI=1S/C17H12Cl2N2O2/c18-12-6-13(19)8-14(7-12)21-16(22)15-5-10-3-1-2-4-11(10)9-20(15)17(21)23/h1-4,6-8,15H,5,9H2. The van der Waals surface area contributed by atoms with Crippen molar-refractivity contribution in [3.8, 4) is 0 Å². The number of nitrogens with zero attached hydrogens (tertiary/aromatic N) is 2. The summed E-state index contributed by atoms with van der Waals surface area (Å²) in [5.74, 6) is -0.233.